The van der Waals surface area contributed by atoms with Crippen molar-refractivity contribution in [3.8, 4) is 0 Å². The van der Waals surface area contributed by atoms with Gasteiger partial charge in [0, 0.05) is 6.61 Å². The van der Waals surface area contributed by atoms with Crippen LogP contribution in [0, 0.1) is 5.92 Å². The van der Waals surface area contributed by atoms with Gasteiger partial charge < -0.3 is 4.74 Å². The molecule has 1 aliphatic rings. The minimum Gasteiger partial charge on any atom is -0.379 e. The van der Waals surface area contributed by atoms with E-state index in [4.69, 9.17) is 4.74 Å². The van der Waals surface area contributed by atoms with Gasteiger partial charge in [-0.2, -0.15) is 0 Å². The summed E-state index contributed by atoms with van der Waals surface area (Å²) in [4.78, 5) is 0. The molecule has 0 amide bonds. The fourth-order valence-corrected chi connectivity index (χ4v) is 1.83. The van der Waals surface area contributed by atoms with E-state index < -0.39 is 0 Å². The Morgan fingerprint density at radius 2 is 2.00 bits per heavy atom. The summed E-state index contributed by atoms with van der Waals surface area (Å²) in [6, 6.07) is 0. The van der Waals surface area contributed by atoms with Crippen LogP contribution in [0.2, 0.25) is 0 Å². The molecule has 1 heteroatoms. The minimum absolute atomic E-state index is 0.507. The van der Waals surface area contributed by atoms with Crippen LogP contribution in [-0.4, -0.2) is 12.7 Å². The highest BCUT2D eigenvalue weighted by atomic mass is 16.5. The third-order valence-electron chi connectivity index (χ3n) is 2.49. The molecule has 1 aliphatic carbocycles. The van der Waals surface area contributed by atoms with Gasteiger partial charge in [0.2, 0.25) is 0 Å². The highest BCUT2D eigenvalue weighted by molar-refractivity contribution is 4.72. The first-order valence-electron chi connectivity index (χ1n) is 4.46. The van der Waals surface area contributed by atoms with Crippen molar-refractivity contribution in [2.75, 3.05) is 6.61 Å². The van der Waals surface area contributed by atoms with Crippen molar-refractivity contribution in [1.82, 2.24) is 0 Å². The molecule has 0 radical (unpaired) electrons. The molecule has 10 heavy (non-hydrogen) atoms. The lowest BCUT2D eigenvalue weighted by Crippen LogP contribution is -2.17. The van der Waals surface area contributed by atoms with Crippen molar-refractivity contribution in [2.45, 2.75) is 45.6 Å². The van der Waals surface area contributed by atoms with Gasteiger partial charge in [0.25, 0.3) is 0 Å². The Balaban J connectivity index is 2.18. The molecule has 0 heterocycles. The van der Waals surface area contributed by atoms with Crippen molar-refractivity contribution >= 4 is 0 Å². The lowest BCUT2D eigenvalue weighted by atomic mass is 10.0. The van der Waals surface area contributed by atoms with Crippen LogP contribution in [0.25, 0.3) is 0 Å². The van der Waals surface area contributed by atoms with Crippen LogP contribution in [0.3, 0.4) is 0 Å². The van der Waals surface area contributed by atoms with Crippen LogP contribution in [0.15, 0.2) is 0 Å². The van der Waals surface area contributed by atoms with Crippen LogP contribution in [-0.2, 0) is 4.74 Å². The fraction of sp³-hybridized carbons (Fsp3) is 1.00. The average molecular weight is 142 g/mol. The van der Waals surface area contributed by atoms with E-state index >= 15 is 0 Å². The second-order valence-electron chi connectivity index (χ2n) is 3.20. The summed E-state index contributed by atoms with van der Waals surface area (Å²) in [7, 11) is 0. The van der Waals surface area contributed by atoms with Gasteiger partial charge in [-0.1, -0.05) is 12.8 Å². The van der Waals surface area contributed by atoms with Gasteiger partial charge in [-0.05, 0) is 32.6 Å². The van der Waals surface area contributed by atoms with Gasteiger partial charge in [0.05, 0.1) is 6.10 Å². The summed E-state index contributed by atoms with van der Waals surface area (Å²) in [5.41, 5.74) is 0. The maximum atomic E-state index is 5.53. The molecule has 1 saturated carbocycles. The Labute approximate surface area is 63.8 Å². The largest absolute Gasteiger partial charge is 0.379 e. The molecule has 0 saturated heterocycles. The summed E-state index contributed by atoms with van der Waals surface area (Å²) in [5, 5.41) is 0. The molecule has 1 atom stereocenters. The average Bonchev–Trinajstić information content (AvgIpc) is 2.38. The highest BCUT2D eigenvalue weighted by Crippen LogP contribution is 2.28. The number of ether oxygens (including phenoxy) is 1. The summed E-state index contributed by atoms with van der Waals surface area (Å²) in [6.07, 6.45) is 6.12. The second-order valence-corrected chi connectivity index (χ2v) is 3.20. The van der Waals surface area contributed by atoms with E-state index in [2.05, 4.69) is 13.8 Å². The maximum absolute atomic E-state index is 5.53. The Morgan fingerprint density at radius 1 is 1.40 bits per heavy atom. The maximum Gasteiger partial charge on any atom is 0.0575 e. The van der Waals surface area contributed by atoms with Crippen LogP contribution in [0.4, 0.5) is 0 Å². The molecule has 1 unspecified atom stereocenters. The Kier molecular flexibility index (Phi) is 3.20. The summed E-state index contributed by atoms with van der Waals surface area (Å²) in [5.74, 6) is 0.861. The first-order valence-corrected chi connectivity index (χ1v) is 4.46. The first-order chi connectivity index (χ1) is 4.84. The van der Waals surface area contributed by atoms with E-state index in [1.54, 1.807) is 0 Å². The topological polar surface area (TPSA) is 9.23 Å². The lowest BCUT2D eigenvalue weighted by Gasteiger charge is -2.17. The molecular formula is C9H18O. The van der Waals surface area contributed by atoms with Crippen molar-refractivity contribution < 1.29 is 4.74 Å². The molecule has 1 rings (SSSR count). The molecule has 0 N–H and O–H groups in total. The molecule has 60 valence electrons. The number of hydrogen-bond acceptors (Lipinski definition) is 1. The number of rotatable bonds is 3. The zero-order valence-corrected chi connectivity index (χ0v) is 7.10. The predicted molar refractivity (Wildman–Crippen MR) is 43.0 cm³/mol. The van der Waals surface area contributed by atoms with E-state index in [-0.39, 0.29) is 0 Å². The van der Waals surface area contributed by atoms with Crippen LogP contribution >= 0.6 is 0 Å². The third-order valence-corrected chi connectivity index (χ3v) is 2.49. The molecule has 0 bridgehead atoms. The summed E-state index contributed by atoms with van der Waals surface area (Å²) in [6.45, 7) is 5.16. The zero-order valence-electron chi connectivity index (χ0n) is 7.10. The summed E-state index contributed by atoms with van der Waals surface area (Å²) >= 11 is 0. The van der Waals surface area contributed by atoms with Gasteiger partial charge >= 0.3 is 0 Å². The molecule has 0 aromatic heterocycles. The SMILES string of the molecule is CCOC(C)C1CCCC1. The lowest BCUT2D eigenvalue weighted by molar-refractivity contribution is 0.0352. The van der Waals surface area contributed by atoms with Crippen molar-refractivity contribution in [3.05, 3.63) is 0 Å². The van der Waals surface area contributed by atoms with Gasteiger partial charge in [-0.15, -0.1) is 0 Å². The molecular weight excluding hydrogens is 124 g/mol. The number of hydrogen-bond donors (Lipinski definition) is 0. The summed E-state index contributed by atoms with van der Waals surface area (Å²) < 4.78 is 5.53. The monoisotopic (exact) mass is 142 g/mol. The van der Waals surface area contributed by atoms with Gasteiger partial charge in [0.1, 0.15) is 0 Å². The molecule has 1 nitrogen and oxygen atoms in total. The quantitative estimate of drug-likeness (QED) is 0.588. The minimum atomic E-state index is 0.507. The highest BCUT2D eigenvalue weighted by Gasteiger charge is 2.21. The van der Waals surface area contributed by atoms with Crippen molar-refractivity contribution in [3.63, 3.8) is 0 Å². The van der Waals surface area contributed by atoms with Crippen molar-refractivity contribution in [1.29, 1.82) is 0 Å². The van der Waals surface area contributed by atoms with E-state index in [9.17, 15) is 0 Å². The standard InChI is InChI=1S/C9H18O/c1-3-10-8(2)9-6-4-5-7-9/h8-9H,3-7H2,1-2H3. The van der Waals surface area contributed by atoms with Crippen molar-refractivity contribution in [2.24, 2.45) is 5.92 Å². The normalized spacial score (nSPS) is 23.4. The van der Waals surface area contributed by atoms with Crippen LogP contribution in [0.5, 0.6) is 0 Å². The fourth-order valence-electron chi connectivity index (χ4n) is 1.83. The Bertz CT molecular complexity index is 84.7. The van der Waals surface area contributed by atoms with Gasteiger partial charge in [0.15, 0.2) is 0 Å². The van der Waals surface area contributed by atoms with Crippen LogP contribution in [0.1, 0.15) is 39.5 Å². The zero-order chi connectivity index (χ0) is 7.40. The molecule has 0 aromatic carbocycles. The van der Waals surface area contributed by atoms with Gasteiger partial charge in [-0.3, -0.25) is 0 Å². The molecule has 0 spiro atoms. The van der Waals surface area contributed by atoms with E-state index in [0.29, 0.717) is 6.10 Å². The first kappa shape index (κ1) is 8.06. The van der Waals surface area contributed by atoms with E-state index in [1.165, 1.54) is 25.7 Å². The third kappa shape index (κ3) is 1.98. The Morgan fingerprint density at radius 3 is 2.50 bits per heavy atom. The molecule has 0 aliphatic heterocycles. The molecule has 1 fully saturated rings. The predicted octanol–water partition coefficient (Wildman–Crippen LogP) is 2.60. The van der Waals surface area contributed by atoms with E-state index in [0.717, 1.165) is 12.5 Å². The second kappa shape index (κ2) is 3.97. The van der Waals surface area contributed by atoms with Gasteiger partial charge in [-0.25, -0.2) is 0 Å². The van der Waals surface area contributed by atoms with Crippen LogP contribution < -0.4 is 0 Å². The van der Waals surface area contributed by atoms with E-state index in [1.807, 2.05) is 0 Å². The molecule has 0 aromatic rings. The Hall–Kier alpha value is -0.0400. The smallest absolute Gasteiger partial charge is 0.0575 e.